The summed E-state index contributed by atoms with van der Waals surface area (Å²) < 4.78 is 16.7. The second-order valence-corrected chi connectivity index (χ2v) is 4.50. The Labute approximate surface area is 117 Å². The maximum absolute atomic E-state index is 13.9. The van der Waals surface area contributed by atoms with Crippen molar-refractivity contribution in [3.8, 4) is 0 Å². The number of carboxylic acid groups (broad SMARTS) is 1. The van der Waals surface area contributed by atoms with Crippen LogP contribution in [0.4, 0.5) is 4.39 Å². The summed E-state index contributed by atoms with van der Waals surface area (Å²) in [6.45, 7) is 0.0201. The maximum Gasteiger partial charge on any atom is 0.335 e. The van der Waals surface area contributed by atoms with Gasteiger partial charge in [0.1, 0.15) is 11.3 Å². The molecule has 2 aromatic heterocycles. The van der Waals surface area contributed by atoms with E-state index >= 15 is 0 Å². The minimum Gasteiger partial charge on any atom is -0.478 e. The Hall–Kier alpha value is -2.96. The van der Waals surface area contributed by atoms with Crippen LogP contribution in [-0.4, -0.2) is 25.3 Å². The first kappa shape index (κ1) is 13.0. The molecular formula is C14H10FN3O3. The SMILES string of the molecule is O=C(O)c1ccc(Cn2ccn3nccc3c2=O)c(F)c1. The van der Waals surface area contributed by atoms with Gasteiger partial charge in [-0.1, -0.05) is 6.07 Å². The molecule has 7 heteroatoms. The third kappa shape index (κ3) is 2.29. The number of carbonyl (C=O) groups is 1. The number of halogens is 1. The molecule has 0 unspecified atom stereocenters. The van der Waals surface area contributed by atoms with Gasteiger partial charge in [0, 0.05) is 18.0 Å². The van der Waals surface area contributed by atoms with Gasteiger partial charge in [-0.2, -0.15) is 5.10 Å². The zero-order valence-corrected chi connectivity index (χ0v) is 10.7. The lowest BCUT2D eigenvalue weighted by atomic mass is 10.1. The quantitative estimate of drug-likeness (QED) is 0.789. The molecule has 0 saturated carbocycles. The molecule has 0 aliphatic carbocycles. The molecule has 0 aliphatic heterocycles. The highest BCUT2D eigenvalue weighted by Crippen LogP contribution is 2.12. The predicted octanol–water partition coefficient (Wildman–Crippen LogP) is 1.38. The van der Waals surface area contributed by atoms with Gasteiger partial charge in [0.2, 0.25) is 0 Å². The summed E-state index contributed by atoms with van der Waals surface area (Å²) in [4.78, 5) is 22.9. The molecule has 0 spiro atoms. The van der Waals surface area contributed by atoms with E-state index in [0.717, 1.165) is 6.07 Å². The van der Waals surface area contributed by atoms with Gasteiger partial charge in [-0.3, -0.25) is 4.79 Å². The molecule has 106 valence electrons. The Morgan fingerprint density at radius 2 is 2.10 bits per heavy atom. The van der Waals surface area contributed by atoms with E-state index in [2.05, 4.69) is 5.10 Å². The third-order valence-corrected chi connectivity index (χ3v) is 3.18. The fourth-order valence-corrected chi connectivity index (χ4v) is 2.08. The molecule has 6 nitrogen and oxygen atoms in total. The fraction of sp³-hybridized carbons (Fsp3) is 0.0714. The molecule has 0 amide bonds. The second-order valence-electron chi connectivity index (χ2n) is 4.50. The van der Waals surface area contributed by atoms with Crippen LogP contribution in [0.1, 0.15) is 15.9 Å². The number of aromatic nitrogens is 3. The van der Waals surface area contributed by atoms with Crippen molar-refractivity contribution in [2.75, 3.05) is 0 Å². The molecule has 2 heterocycles. The summed E-state index contributed by atoms with van der Waals surface area (Å²) in [5, 5.41) is 12.7. The van der Waals surface area contributed by atoms with Crippen LogP contribution in [0.5, 0.6) is 0 Å². The van der Waals surface area contributed by atoms with E-state index in [1.807, 2.05) is 0 Å². The standard InChI is InChI=1S/C14H10FN3O3/c15-11-7-9(14(20)21)1-2-10(11)8-17-5-6-18-12(13(17)19)3-4-16-18/h1-7H,8H2,(H,20,21). The van der Waals surface area contributed by atoms with Crippen LogP contribution in [0.2, 0.25) is 0 Å². The second kappa shape index (κ2) is 4.86. The van der Waals surface area contributed by atoms with Gasteiger partial charge in [-0.15, -0.1) is 0 Å². The molecular weight excluding hydrogens is 277 g/mol. The summed E-state index contributed by atoms with van der Waals surface area (Å²) in [5.41, 5.74) is 0.206. The highest BCUT2D eigenvalue weighted by Gasteiger charge is 2.10. The fourth-order valence-electron chi connectivity index (χ4n) is 2.08. The van der Waals surface area contributed by atoms with E-state index in [-0.39, 0.29) is 23.2 Å². The summed E-state index contributed by atoms with van der Waals surface area (Å²) in [5.74, 6) is -1.85. The molecule has 1 N–H and O–H groups in total. The van der Waals surface area contributed by atoms with E-state index in [4.69, 9.17) is 5.11 Å². The summed E-state index contributed by atoms with van der Waals surface area (Å²) >= 11 is 0. The van der Waals surface area contributed by atoms with Gasteiger partial charge in [-0.05, 0) is 18.2 Å². The Bertz CT molecular complexity index is 898. The lowest BCUT2D eigenvalue weighted by Gasteiger charge is -2.08. The largest absolute Gasteiger partial charge is 0.478 e. The van der Waals surface area contributed by atoms with E-state index in [1.165, 1.54) is 33.6 Å². The van der Waals surface area contributed by atoms with Crippen LogP contribution in [0.3, 0.4) is 0 Å². The van der Waals surface area contributed by atoms with Gasteiger partial charge >= 0.3 is 5.97 Å². The number of hydrogen-bond acceptors (Lipinski definition) is 3. The normalized spacial score (nSPS) is 10.9. The predicted molar refractivity (Wildman–Crippen MR) is 71.9 cm³/mol. The Kier molecular flexibility index (Phi) is 3.02. The molecule has 3 aromatic rings. The monoisotopic (exact) mass is 287 g/mol. The van der Waals surface area contributed by atoms with Crippen molar-refractivity contribution in [3.63, 3.8) is 0 Å². The molecule has 1 aromatic carbocycles. The number of aromatic carboxylic acids is 1. The van der Waals surface area contributed by atoms with E-state index in [9.17, 15) is 14.0 Å². The smallest absolute Gasteiger partial charge is 0.335 e. The van der Waals surface area contributed by atoms with Crippen LogP contribution >= 0.6 is 0 Å². The first-order valence-electron chi connectivity index (χ1n) is 6.11. The van der Waals surface area contributed by atoms with Crippen LogP contribution < -0.4 is 5.56 Å². The number of nitrogens with zero attached hydrogens (tertiary/aromatic N) is 3. The molecule has 3 rings (SSSR count). The van der Waals surface area contributed by atoms with Crippen molar-refractivity contribution >= 4 is 11.5 Å². The van der Waals surface area contributed by atoms with Crippen molar-refractivity contribution in [2.24, 2.45) is 0 Å². The minimum absolute atomic E-state index is 0.0201. The lowest BCUT2D eigenvalue weighted by molar-refractivity contribution is 0.0696. The zero-order chi connectivity index (χ0) is 15.0. The van der Waals surface area contributed by atoms with Gasteiger partial charge in [-0.25, -0.2) is 13.7 Å². The number of fused-ring (bicyclic) bond motifs is 1. The highest BCUT2D eigenvalue weighted by molar-refractivity contribution is 5.87. The van der Waals surface area contributed by atoms with Crippen LogP contribution in [0, 0.1) is 5.82 Å². The Morgan fingerprint density at radius 3 is 2.81 bits per heavy atom. The van der Waals surface area contributed by atoms with Crippen LogP contribution in [-0.2, 0) is 6.54 Å². The molecule has 21 heavy (non-hydrogen) atoms. The maximum atomic E-state index is 13.9. The molecule has 0 saturated heterocycles. The third-order valence-electron chi connectivity index (χ3n) is 3.18. The van der Waals surface area contributed by atoms with E-state index < -0.39 is 11.8 Å². The van der Waals surface area contributed by atoms with E-state index in [0.29, 0.717) is 5.52 Å². The number of carboxylic acids is 1. The summed E-state index contributed by atoms with van der Waals surface area (Å²) in [7, 11) is 0. The van der Waals surface area contributed by atoms with E-state index in [1.54, 1.807) is 12.3 Å². The van der Waals surface area contributed by atoms with Gasteiger partial charge in [0.15, 0.2) is 0 Å². The first-order chi connectivity index (χ1) is 10.1. The highest BCUT2D eigenvalue weighted by atomic mass is 19.1. The van der Waals surface area contributed by atoms with Crippen molar-refractivity contribution in [1.82, 2.24) is 14.2 Å². The van der Waals surface area contributed by atoms with Crippen LogP contribution in [0.15, 0.2) is 47.7 Å². The average Bonchev–Trinajstić information content (AvgIpc) is 2.93. The number of rotatable bonds is 3. The van der Waals surface area contributed by atoms with Crippen molar-refractivity contribution in [3.05, 3.63) is 70.2 Å². The molecule has 0 bridgehead atoms. The van der Waals surface area contributed by atoms with Crippen molar-refractivity contribution < 1.29 is 14.3 Å². The Balaban J connectivity index is 2.00. The van der Waals surface area contributed by atoms with Crippen molar-refractivity contribution in [2.45, 2.75) is 6.54 Å². The average molecular weight is 287 g/mol. The summed E-state index contributed by atoms with van der Waals surface area (Å²) in [6, 6.07) is 5.19. The molecule has 0 aliphatic rings. The molecule has 0 atom stereocenters. The number of benzene rings is 1. The van der Waals surface area contributed by atoms with Gasteiger partial charge < -0.3 is 9.67 Å². The topological polar surface area (TPSA) is 76.6 Å². The zero-order valence-electron chi connectivity index (χ0n) is 10.7. The lowest BCUT2D eigenvalue weighted by Crippen LogP contribution is -2.22. The summed E-state index contributed by atoms with van der Waals surface area (Å²) in [6.07, 6.45) is 4.61. The van der Waals surface area contributed by atoms with Gasteiger partial charge in [0.05, 0.1) is 18.3 Å². The van der Waals surface area contributed by atoms with Crippen LogP contribution in [0.25, 0.3) is 5.52 Å². The van der Waals surface area contributed by atoms with Crippen molar-refractivity contribution in [1.29, 1.82) is 0 Å². The molecule has 0 radical (unpaired) electrons. The van der Waals surface area contributed by atoms with Gasteiger partial charge in [0.25, 0.3) is 5.56 Å². The molecule has 0 fully saturated rings. The Morgan fingerprint density at radius 1 is 1.29 bits per heavy atom. The first-order valence-corrected chi connectivity index (χ1v) is 6.11. The number of hydrogen-bond donors (Lipinski definition) is 1. The minimum atomic E-state index is -1.20.